The van der Waals surface area contributed by atoms with E-state index >= 15 is 0 Å². The Hall–Kier alpha value is -1.25. The van der Waals surface area contributed by atoms with Crippen molar-refractivity contribution in [2.45, 2.75) is 17.9 Å². The molecule has 1 aromatic carbocycles. The van der Waals surface area contributed by atoms with Gasteiger partial charge in [-0.3, -0.25) is 0 Å². The molecule has 0 bridgehead atoms. The zero-order valence-corrected chi connectivity index (χ0v) is 11.9. The maximum Gasteiger partial charge on any atom is 0.339 e. The maximum absolute atomic E-state index is 11.9. The fourth-order valence-electron chi connectivity index (χ4n) is 1.71. The molecular weight excluding hydrogens is 283 g/mol. The normalized spacial score (nSPS) is 25.6. The Labute approximate surface area is 122 Å². The topological polar surface area (TPSA) is 26.3 Å². The zero-order chi connectivity index (χ0) is 13.9. The maximum atomic E-state index is 11.9. The minimum atomic E-state index is -0.536. The van der Waals surface area contributed by atoms with Gasteiger partial charge in [0.1, 0.15) is 10.9 Å². The molecule has 1 aromatic rings. The van der Waals surface area contributed by atoms with E-state index in [1.54, 1.807) is 36.4 Å². The highest BCUT2D eigenvalue weighted by Gasteiger charge is 2.29. The first kappa shape index (κ1) is 14.2. The summed E-state index contributed by atoms with van der Waals surface area (Å²) in [6.07, 6.45) is 6.92. The van der Waals surface area contributed by atoms with Gasteiger partial charge in [-0.25, -0.2) is 4.79 Å². The molecule has 100 valence electrons. The Bertz CT molecular complexity index is 492. The van der Waals surface area contributed by atoms with Crippen molar-refractivity contribution < 1.29 is 9.53 Å². The second-order valence-electron chi connectivity index (χ2n) is 4.62. The molecule has 0 amide bonds. The molecule has 0 radical (unpaired) electrons. The van der Waals surface area contributed by atoms with Crippen molar-refractivity contribution in [1.82, 2.24) is 0 Å². The van der Waals surface area contributed by atoms with Crippen molar-refractivity contribution in [1.29, 1.82) is 0 Å². The monoisotopic (exact) mass is 296 g/mol. The van der Waals surface area contributed by atoms with Gasteiger partial charge in [-0.1, -0.05) is 30.4 Å². The predicted molar refractivity (Wildman–Crippen MR) is 77.5 cm³/mol. The fourth-order valence-corrected chi connectivity index (χ4v) is 2.00. The first-order chi connectivity index (χ1) is 9.01. The Kier molecular flexibility index (Phi) is 4.33. The number of allylic oxidation sites excluding steroid dienone is 2. The first-order valence-corrected chi connectivity index (χ1v) is 6.81. The minimum Gasteiger partial charge on any atom is -0.450 e. The molecule has 0 aromatic heterocycles. The van der Waals surface area contributed by atoms with Gasteiger partial charge in [0.15, 0.2) is 0 Å². The molecule has 0 atom stereocenters. The molecule has 2 nitrogen and oxygen atoms in total. The molecule has 4 heteroatoms. The summed E-state index contributed by atoms with van der Waals surface area (Å²) in [5.41, 5.74) is 0.115. The van der Waals surface area contributed by atoms with Crippen molar-refractivity contribution in [2.75, 3.05) is 0 Å². The molecule has 0 heterocycles. The number of hydrogen-bond donors (Lipinski definition) is 0. The fraction of sp³-hybridized carbons (Fsp3) is 0.267. The predicted octanol–water partition coefficient (Wildman–Crippen LogP) is 4.15. The Balaban J connectivity index is 2.00. The van der Waals surface area contributed by atoms with Gasteiger partial charge >= 0.3 is 5.97 Å². The van der Waals surface area contributed by atoms with Gasteiger partial charge in [-0.2, -0.15) is 0 Å². The number of benzene rings is 1. The zero-order valence-electron chi connectivity index (χ0n) is 10.4. The van der Waals surface area contributed by atoms with E-state index in [0.29, 0.717) is 5.56 Å². The lowest BCUT2D eigenvalue weighted by atomic mass is 9.87. The van der Waals surface area contributed by atoms with Crippen LogP contribution in [0, 0.1) is 5.41 Å². The summed E-state index contributed by atoms with van der Waals surface area (Å²) in [6.45, 7) is 1.92. The quantitative estimate of drug-likeness (QED) is 0.476. The van der Waals surface area contributed by atoms with E-state index in [4.69, 9.17) is 27.9 Å². The lowest BCUT2D eigenvalue weighted by Crippen LogP contribution is -2.25. The number of esters is 1. The number of rotatable bonds is 3. The van der Waals surface area contributed by atoms with E-state index in [9.17, 15) is 4.79 Å². The van der Waals surface area contributed by atoms with E-state index in [1.807, 2.05) is 25.1 Å². The highest BCUT2D eigenvalue weighted by atomic mass is 35.5. The Morgan fingerprint density at radius 3 is 2.32 bits per heavy atom. The van der Waals surface area contributed by atoms with E-state index in [2.05, 4.69) is 0 Å². The molecule has 0 saturated heterocycles. The Morgan fingerprint density at radius 2 is 1.79 bits per heavy atom. The molecule has 2 rings (SSSR count). The van der Waals surface area contributed by atoms with Crippen LogP contribution < -0.4 is 0 Å². The van der Waals surface area contributed by atoms with E-state index in [-0.39, 0.29) is 12.1 Å². The minimum absolute atomic E-state index is 0.350. The summed E-state index contributed by atoms with van der Waals surface area (Å²) in [6, 6.07) is 8.88. The smallest absolute Gasteiger partial charge is 0.339 e. The van der Waals surface area contributed by atoms with Crippen LogP contribution in [0.3, 0.4) is 0 Å². The second kappa shape index (κ2) is 5.81. The van der Waals surface area contributed by atoms with Gasteiger partial charge in [-0.15, -0.1) is 23.2 Å². The van der Waals surface area contributed by atoms with Crippen LogP contribution in [0.1, 0.15) is 17.3 Å². The van der Waals surface area contributed by atoms with Gasteiger partial charge in [0.05, 0.1) is 5.56 Å². The Morgan fingerprint density at radius 1 is 1.21 bits per heavy atom. The summed E-state index contributed by atoms with van der Waals surface area (Å²) in [5.74, 6) is -0.350. The van der Waals surface area contributed by atoms with Crippen LogP contribution in [0.15, 0.2) is 54.6 Å². The molecule has 0 spiro atoms. The van der Waals surface area contributed by atoms with Crippen LogP contribution in [0.4, 0.5) is 0 Å². The van der Waals surface area contributed by atoms with Crippen LogP contribution in [-0.4, -0.2) is 16.9 Å². The largest absolute Gasteiger partial charge is 0.450 e. The van der Waals surface area contributed by atoms with E-state index in [0.717, 1.165) is 0 Å². The number of halogens is 2. The molecular formula is C15H14Cl2O2. The van der Waals surface area contributed by atoms with Crippen molar-refractivity contribution >= 4 is 29.2 Å². The van der Waals surface area contributed by atoms with Crippen LogP contribution in [0.5, 0.6) is 0 Å². The van der Waals surface area contributed by atoms with E-state index in [1.165, 1.54) is 0 Å². The lowest BCUT2D eigenvalue weighted by Gasteiger charge is -2.27. The highest BCUT2D eigenvalue weighted by molar-refractivity contribution is 6.45. The number of alkyl halides is 2. The standard InChI is InChI=1S/C15H14Cl2O2/c1-15(14(16)17)9-7-12(8-10-15)19-13(18)11-5-3-2-4-6-11/h2-10,12,14H,1H3. The first-order valence-electron chi connectivity index (χ1n) is 5.94. The molecule has 0 saturated carbocycles. The molecule has 0 aliphatic heterocycles. The molecule has 1 aliphatic rings. The molecule has 19 heavy (non-hydrogen) atoms. The van der Waals surface area contributed by atoms with Gasteiger partial charge in [-0.05, 0) is 31.2 Å². The third kappa shape index (κ3) is 3.40. The summed E-state index contributed by atoms with van der Waals surface area (Å²) in [5, 5.41) is 0. The summed E-state index contributed by atoms with van der Waals surface area (Å²) in [7, 11) is 0. The summed E-state index contributed by atoms with van der Waals surface area (Å²) >= 11 is 11.8. The van der Waals surface area contributed by atoms with Gasteiger partial charge in [0.25, 0.3) is 0 Å². The van der Waals surface area contributed by atoms with Crippen LogP contribution in [-0.2, 0) is 4.74 Å². The van der Waals surface area contributed by atoms with E-state index < -0.39 is 10.3 Å². The summed E-state index contributed by atoms with van der Waals surface area (Å²) < 4.78 is 5.35. The third-order valence-corrected chi connectivity index (χ3v) is 3.95. The van der Waals surface area contributed by atoms with Crippen molar-refractivity contribution in [2.24, 2.45) is 5.41 Å². The number of ether oxygens (including phenoxy) is 1. The van der Waals surface area contributed by atoms with Gasteiger partial charge in [0, 0.05) is 5.41 Å². The number of hydrogen-bond acceptors (Lipinski definition) is 2. The third-order valence-electron chi connectivity index (χ3n) is 3.01. The lowest BCUT2D eigenvalue weighted by molar-refractivity contribution is 0.0458. The molecule has 1 aliphatic carbocycles. The van der Waals surface area contributed by atoms with Crippen molar-refractivity contribution in [3.05, 3.63) is 60.2 Å². The summed E-state index contributed by atoms with van der Waals surface area (Å²) in [4.78, 5) is 11.3. The second-order valence-corrected chi connectivity index (χ2v) is 5.72. The van der Waals surface area contributed by atoms with Crippen LogP contribution in [0.25, 0.3) is 0 Å². The molecule has 0 unspecified atom stereocenters. The van der Waals surface area contributed by atoms with Crippen LogP contribution in [0.2, 0.25) is 0 Å². The molecule has 0 fully saturated rings. The van der Waals surface area contributed by atoms with Crippen molar-refractivity contribution in [3.8, 4) is 0 Å². The average molecular weight is 297 g/mol. The van der Waals surface area contributed by atoms with Gasteiger partial charge < -0.3 is 4.74 Å². The number of carbonyl (C=O) groups excluding carboxylic acids is 1. The highest BCUT2D eigenvalue weighted by Crippen LogP contribution is 2.35. The number of carbonyl (C=O) groups is 1. The van der Waals surface area contributed by atoms with Crippen LogP contribution >= 0.6 is 23.2 Å². The SMILES string of the molecule is CC1(C(Cl)Cl)C=CC(OC(=O)c2ccccc2)C=C1. The van der Waals surface area contributed by atoms with Crippen molar-refractivity contribution in [3.63, 3.8) is 0 Å². The molecule has 0 N–H and O–H groups in total. The van der Waals surface area contributed by atoms with Gasteiger partial charge in [0.2, 0.25) is 0 Å². The average Bonchev–Trinajstić information content (AvgIpc) is 2.42.